The molecule has 15 heavy (non-hydrogen) atoms. The Hall–Kier alpha value is -0.860. The highest BCUT2D eigenvalue weighted by atomic mass is 16.3. The third kappa shape index (κ3) is 1.68. The van der Waals surface area contributed by atoms with Crippen molar-refractivity contribution in [2.24, 2.45) is 0 Å². The van der Waals surface area contributed by atoms with Gasteiger partial charge < -0.3 is 5.11 Å². The Kier molecular flexibility index (Phi) is 2.26. The largest absolute Gasteiger partial charge is 0.392 e. The molecule has 1 atom stereocenters. The van der Waals surface area contributed by atoms with Gasteiger partial charge in [-0.1, -0.05) is 24.3 Å². The molecule has 2 heteroatoms. The third-order valence-electron chi connectivity index (χ3n) is 3.74. The van der Waals surface area contributed by atoms with Crippen molar-refractivity contribution in [3.63, 3.8) is 0 Å². The SMILES string of the molecule is O[C@H]1CCN(C2Cc3ccccc3C2)C1. The predicted molar refractivity (Wildman–Crippen MR) is 59.8 cm³/mol. The number of fused-ring (bicyclic) bond motifs is 1. The van der Waals surface area contributed by atoms with E-state index in [1.54, 1.807) is 0 Å². The van der Waals surface area contributed by atoms with Gasteiger partial charge in [0.05, 0.1) is 6.10 Å². The summed E-state index contributed by atoms with van der Waals surface area (Å²) in [5.41, 5.74) is 3.01. The summed E-state index contributed by atoms with van der Waals surface area (Å²) in [4.78, 5) is 2.45. The standard InChI is InChI=1S/C13H17NO/c15-13-5-6-14(9-13)12-7-10-3-1-2-4-11(10)8-12/h1-4,12-13,15H,5-9H2/t13-/m0/s1. The van der Waals surface area contributed by atoms with E-state index in [-0.39, 0.29) is 6.10 Å². The first-order valence-electron chi connectivity index (χ1n) is 5.82. The van der Waals surface area contributed by atoms with Crippen molar-refractivity contribution in [2.75, 3.05) is 13.1 Å². The molecule has 1 aromatic rings. The van der Waals surface area contributed by atoms with E-state index in [0.717, 1.165) is 19.5 Å². The van der Waals surface area contributed by atoms with Crippen LogP contribution in [0.15, 0.2) is 24.3 Å². The first-order chi connectivity index (χ1) is 7.33. The molecule has 1 N–H and O–H groups in total. The maximum atomic E-state index is 9.54. The van der Waals surface area contributed by atoms with Gasteiger partial charge in [0.15, 0.2) is 0 Å². The molecule has 0 bridgehead atoms. The van der Waals surface area contributed by atoms with Gasteiger partial charge in [0.2, 0.25) is 0 Å². The lowest BCUT2D eigenvalue weighted by molar-refractivity contribution is 0.160. The molecule has 1 heterocycles. The fourth-order valence-corrected chi connectivity index (χ4v) is 2.89. The van der Waals surface area contributed by atoms with E-state index in [4.69, 9.17) is 0 Å². The van der Waals surface area contributed by atoms with Crippen LogP contribution < -0.4 is 0 Å². The van der Waals surface area contributed by atoms with Gasteiger partial charge in [-0.05, 0) is 30.4 Å². The molecule has 0 saturated carbocycles. The minimum absolute atomic E-state index is 0.0892. The van der Waals surface area contributed by atoms with E-state index in [9.17, 15) is 5.11 Å². The summed E-state index contributed by atoms with van der Waals surface area (Å²) in [6, 6.07) is 9.36. The quantitative estimate of drug-likeness (QED) is 0.742. The summed E-state index contributed by atoms with van der Waals surface area (Å²) in [5, 5.41) is 9.54. The topological polar surface area (TPSA) is 23.5 Å². The number of rotatable bonds is 1. The van der Waals surface area contributed by atoms with E-state index in [1.807, 2.05) is 0 Å². The van der Waals surface area contributed by atoms with E-state index >= 15 is 0 Å². The Morgan fingerprint density at radius 2 is 1.80 bits per heavy atom. The zero-order chi connectivity index (χ0) is 10.3. The molecule has 80 valence electrons. The third-order valence-corrected chi connectivity index (χ3v) is 3.74. The van der Waals surface area contributed by atoms with Crippen molar-refractivity contribution in [1.82, 2.24) is 4.90 Å². The molecule has 1 aliphatic heterocycles. The summed E-state index contributed by atoms with van der Waals surface area (Å²) in [7, 11) is 0. The van der Waals surface area contributed by atoms with Crippen LogP contribution in [-0.4, -0.2) is 35.2 Å². The molecule has 2 aliphatic rings. The number of benzene rings is 1. The van der Waals surface area contributed by atoms with E-state index in [1.165, 1.54) is 24.0 Å². The second-order valence-corrected chi connectivity index (χ2v) is 4.77. The Balaban J connectivity index is 1.73. The van der Waals surface area contributed by atoms with Crippen molar-refractivity contribution >= 4 is 0 Å². The highest BCUT2D eigenvalue weighted by molar-refractivity contribution is 5.33. The average Bonchev–Trinajstić information content (AvgIpc) is 2.82. The minimum Gasteiger partial charge on any atom is -0.392 e. The smallest absolute Gasteiger partial charge is 0.0679 e. The molecule has 1 saturated heterocycles. The van der Waals surface area contributed by atoms with Gasteiger partial charge in [-0.25, -0.2) is 0 Å². The van der Waals surface area contributed by atoms with E-state index < -0.39 is 0 Å². The van der Waals surface area contributed by atoms with Crippen LogP contribution >= 0.6 is 0 Å². The molecule has 1 aliphatic carbocycles. The highest BCUT2D eigenvalue weighted by Crippen LogP contribution is 2.27. The molecule has 0 spiro atoms. The van der Waals surface area contributed by atoms with Crippen LogP contribution in [0.4, 0.5) is 0 Å². The molecular formula is C13H17NO. The van der Waals surface area contributed by atoms with Crippen LogP contribution in [0.2, 0.25) is 0 Å². The van der Waals surface area contributed by atoms with Gasteiger partial charge >= 0.3 is 0 Å². The lowest BCUT2D eigenvalue weighted by Gasteiger charge is -2.22. The number of β-amino-alcohol motifs (C(OH)–C–C–N with tert-alkyl or cyclic N) is 1. The zero-order valence-electron chi connectivity index (χ0n) is 8.89. The molecule has 2 nitrogen and oxygen atoms in total. The van der Waals surface area contributed by atoms with Crippen molar-refractivity contribution in [3.05, 3.63) is 35.4 Å². The second kappa shape index (κ2) is 3.62. The minimum atomic E-state index is -0.0892. The Labute approximate surface area is 90.5 Å². The fourth-order valence-electron chi connectivity index (χ4n) is 2.89. The van der Waals surface area contributed by atoms with Crippen LogP contribution in [0.5, 0.6) is 0 Å². The molecule has 1 aromatic carbocycles. The predicted octanol–water partition coefficient (Wildman–Crippen LogP) is 1.22. The van der Waals surface area contributed by atoms with Gasteiger partial charge in [0, 0.05) is 19.1 Å². The monoisotopic (exact) mass is 203 g/mol. The number of likely N-dealkylation sites (tertiary alicyclic amines) is 1. The van der Waals surface area contributed by atoms with Gasteiger partial charge in [-0.15, -0.1) is 0 Å². The molecule has 0 amide bonds. The number of hydrogen-bond acceptors (Lipinski definition) is 2. The van der Waals surface area contributed by atoms with Crippen LogP contribution in [0.25, 0.3) is 0 Å². The van der Waals surface area contributed by atoms with Crippen molar-refractivity contribution in [3.8, 4) is 0 Å². The van der Waals surface area contributed by atoms with E-state index in [0.29, 0.717) is 6.04 Å². The average molecular weight is 203 g/mol. The summed E-state index contributed by atoms with van der Waals surface area (Å²) in [6.45, 7) is 1.94. The maximum Gasteiger partial charge on any atom is 0.0679 e. The normalized spacial score (nSPS) is 27.1. The lowest BCUT2D eigenvalue weighted by atomic mass is 10.1. The number of aliphatic hydroxyl groups excluding tert-OH is 1. The zero-order valence-corrected chi connectivity index (χ0v) is 8.89. The van der Waals surface area contributed by atoms with Gasteiger partial charge in [0.25, 0.3) is 0 Å². The molecule has 0 aromatic heterocycles. The first kappa shape index (κ1) is 9.37. The van der Waals surface area contributed by atoms with Crippen molar-refractivity contribution < 1.29 is 5.11 Å². The maximum absolute atomic E-state index is 9.54. The van der Waals surface area contributed by atoms with Crippen molar-refractivity contribution in [2.45, 2.75) is 31.4 Å². The fraction of sp³-hybridized carbons (Fsp3) is 0.538. The summed E-state index contributed by atoms with van der Waals surface area (Å²) in [6.07, 6.45) is 3.20. The number of nitrogens with zero attached hydrogens (tertiary/aromatic N) is 1. The van der Waals surface area contributed by atoms with Crippen LogP contribution in [0, 0.1) is 0 Å². The highest BCUT2D eigenvalue weighted by Gasteiger charge is 2.31. The Morgan fingerprint density at radius 3 is 2.33 bits per heavy atom. The Morgan fingerprint density at radius 1 is 1.13 bits per heavy atom. The van der Waals surface area contributed by atoms with E-state index in [2.05, 4.69) is 29.2 Å². The lowest BCUT2D eigenvalue weighted by Crippen LogP contribution is -2.34. The van der Waals surface area contributed by atoms with Crippen molar-refractivity contribution in [1.29, 1.82) is 0 Å². The molecule has 3 rings (SSSR count). The van der Waals surface area contributed by atoms with Crippen LogP contribution in [0.3, 0.4) is 0 Å². The summed E-state index contributed by atoms with van der Waals surface area (Å²) >= 11 is 0. The molecular weight excluding hydrogens is 186 g/mol. The van der Waals surface area contributed by atoms with Gasteiger partial charge in [0.1, 0.15) is 0 Å². The first-order valence-corrected chi connectivity index (χ1v) is 5.82. The summed E-state index contributed by atoms with van der Waals surface area (Å²) in [5.74, 6) is 0. The molecule has 0 unspecified atom stereocenters. The number of hydrogen-bond donors (Lipinski definition) is 1. The van der Waals surface area contributed by atoms with Crippen LogP contribution in [-0.2, 0) is 12.8 Å². The summed E-state index contributed by atoms with van der Waals surface area (Å²) < 4.78 is 0. The Bertz CT molecular complexity index is 338. The van der Waals surface area contributed by atoms with Crippen LogP contribution in [0.1, 0.15) is 17.5 Å². The molecule has 1 fully saturated rings. The van der Waals surface area contributed by atoms with Gasteiger partial charge in [-0.2, -0.15) is 0 Å². The molecule has 0 radical (unpaired) electrons. The second-order valence-electron chi connectivity index (χ2n) is 4.77. The van der Waals surface area contributed by atoms with Gasteiger partial charge in [-0.3, -0.25) is 4.90 Å². The number of aliphatic hydroxyl groups is 1.